The smallest absolute Gasteiger partial charge is 0.0116 e. The monoisotopic (exact) mass is 176 g/mol. The van der Waals surface area contributed by atoms with E-state index in [9.17, 15) is 0 Å². The summed E-state index contributed by atoms with van der Waals surface area (Å²) in [7, 11) is 0. The molecule has 0 saturated heterocycles. The van der Waals surface area contributed by atoms with Gasteiger partial charge in [-0.3, -0.25) is 0 Å². The molecule has 0 fully saturated rings. The number of rotatable bonds is 2. The van der Waals surface area contributed by atoms with Crippen LogP contribution in [-0.2, 0) is 0 Å². The molecule has 1 rings (SSSR count). The molecule has 0 heterocycles. The molecule has 0 aliphatic carbocycles. The fraction of sp³-hybridized carbons (Fsp3) is 0.538. The van der Waals surface area contributed by atoms with Gasteiger partial charge >= 0.3 is 0 Å². The molecule has 0 nitrogen and oxygen atoms in total. The van der Waals surface area contributed by atoms with Gasteiger partial charge < -0.3 is 0 Å². The molecule has 1 aromatic carbocycles. The van der Waals surface area contributed by atoms with E-state index in [1.807, 2.05) is 0 Å². The molecule has 0 radical (unpaired) electrons. The van der Waals surface area contributed by atoms with E-state index >= 15 is 0 Å². The third-order valence-electron chi connectivity index (χ3n) is 2.66. The Hall–Kier alpha value is -0.780. The van der Waals surface area contributed by atoms with Crippen molar-refractivity contribution >= 4 is 0 Å². The molecule has 0 saturated carbocycles. The van der Waals surface area contributed by atoms with Crippen LogP contribution < -0.4 is 0 Å². The lowest BCUT2D eigenvalue weighted by Crippen LogP contribution is -2.17. The van der Waals surface area contributed by atoms with Gasteiger partial charge in [-0.05, 0) is 23.3 Å². The molecule has 1 aromatic rings. The van der Waals surface area contributed by atoms with E-state index in [2.05, 4.69) is 58.0 Å². The normalized spacial score (nSPS) is 14.2. The summed E-state index contributed by atoms with van der Waals surface area (Å²) in [6.07, 6.45) is 1.22. The fourth-order valence-electron chi connectivity index (χ4n) is 2.03. The lowest BCUT2D eigenvalue weighted by molar-refractivity contribution is 0.312. The van der Waals surface area contributed by atoms with Crippen LogP contribution in [0.5, 0.6) is 0 Å². The average Bonchev–Trinajstić information content (AvgIpc) is 2.05. The third kappa shape index (κ3) is 2.58. The van der Waals surface area contributed by atoms with Crippen molar-refractivity contribution in [3.8, 4) is 0 Å². The van der Waals surface area contributed by atoms with Crippen LogP contribution in [0.1, 0.15) is 45.6 Å². The summed E-state index contributed by atoms with van der Waals surface area (Å²) in [5, 5.41) is 0. The Morgan fingerprint density at radius 2 is 1.62 bits per heavy atom. The van der Waals surface area contributed by atoms with Gasteiger partial charge in [-0.2, -0.15) is 0 Å². The van der Waals surface area contributed by atoms with E-state index in [0.717, 1.165) is 0 Å². The van der Waals surface area contributed by atoms with Crippen LogP contribution in [-0.4, -0.2) is 0 Å². The minimum Gasteiger partial charge on any atom is -0.0648 e. The molecule has 0 aliphatic heterocycles. The third-order valence-corrected chi connectivity index (χ3v) is 2.66. The van der Waals surface area contributed by atoms with Crippen molar-refractivity contribution in [3.63, 3.8) is 0 Å². The zero-order chi connectivity index (χ0) is 9.90. The van der Waals surface area contributed by atoms with Crippen molar-refractivity contribution in [1.29, 1.82) is 0 Å². The first kappa shape index (κ1) is 10.3. The summed E-state index contributed by atoms with van der Waals surface area (Å²) >= 11 is 0. The van der Waals surface area contributed by atoms with E-state index in [4.69, 9.17) is 0 Å². The van der Waals surface area contributed by atoms with Gasteiger partial charge in [0.25, 0.3) is 0 Å². The highest BCUT2D eigenvalue weighted by Gasteiger charge is 2.23. The molecule has 0 N–H and O–H groups in total. The summed E-state index contributed by atoms with van der Waals surface area (Å²) in [6.45, 7) is 9.21. The fourth-order valence-corrected chi connectivity index (χ4v) is 2.03. The second kappa shape index (κ2) is 3.95. The molecule has 0 unspecified atom stereocenters. The summed E-state index contributed by atoms with van der Waals surface area (Å²) in [5.74, 6) is 0.675. The summed E-state index contributed by atoms with van der Waals surface area (Å²) in [4.78, 5) is 0. The van der Waals surface area contributed by atoms with E-state index in [1.165, 1.54) is 12.0 Å². The minimum absolute atomic E-state index is 0.371. The van der Waals surface area contributed by atoms with Gasteiger partial charge in [-0.1, -0.05) is 58.0 Å². The first-order valence-corrected chi connectivity index (χ1v) is 5.10. The molecular weight excluding hydrogens is 156 g/mol. The van der Waals surface area contributed by atoms with Crippen molar-refractivity contribution in [2.45, 2.75) is 40.0 Å². The van der Waals surface area contributed by atoms with Gasteiger partial charge in [0.2, 0.25) is 0 Å². The number of hydrogen-bond acceptors (Lipinski definition) is 0. The number of hydrogen-bond donors (Lipinski definition) is 0. The largest absolute Gasteiger partial charge is 0.0648 e. The molecule has 0 bridgehead atoms. The van der Waals surface area contributed by atoms with Crippen LogP contribution in [0.4, 0.5) is 0 Å². The van der Waals surface area contributed by atoms with Crippen LogP contribution in [0, 0.1) is 5.41 Å². The lowest BCUT2D eigenvalue weighted by Gasteiger charge is -2.30. The molecule has 0 amide bonds. The highest BCUT2D eigenvalue weighted by Crippen LogP contribution is 2.37. The summed E-state index contributed by atoms with van der Waals surface area (Å²) in [5.41, 5.74) is 1.84. The summed E-state index contributed by atoms with van der Waals surface area (Å²) in [6, 6.07) is 10.8. The van der Waals surface area contributed by atoms with E-state index in [1.54, 1.807) is 0 Å². The topological polar surface area (TPSA) is 0 Å². The predicted octanol–water partition coefficient (Wildman–Crippen LogP) is 4.23. The van der Waals surface area contributed by atoms with Crippen LogP contribution in [0.15, 0.2) is 30.3 Å². The van der Waals surface area contributed by atoms with Crippen molar-refractivity contribution in [1.82, 2.24) is 0 Å². The summed E-state index contributed by atoms with van der Waals surface area (Å²) < 4.78 is 0. The quantitative estimate of drug-likeness (QED) is 0.632. The van der Waals surface area contributed by atoms with Crippen LogP contribution in [0.2, 0.25) is 0 Å². The van der Waals surface area contributed by atoms with Crippen molar-refractivity contribution in [3.05, 3.63) is 35.9 Å². The van der Waals surface area contributed by atoms with Crippen LogP contribution in [0.25, 0.3) is 0 Å². The van der Waals surface area contributed by atoms with Crippen molar-refractivity contribution < 1.29 is 0 Å². The average molecular weight is 176 g/mol. The Morgan fingerprint density at radius 3 is 2.00 bits per heavy atom. The van der Waals surface area contributed by atoms with Crippen molar-refractivity contribution in [2.75, 3.05) is 0 Å². The van der Waals surface area contributed by atoms with E-state index < -0.39 is 0 Å². The zero-order valence-electron chi connectivity index (χ0n) is 9.17. The standard InChI is InChI=1S/C13H20/c1-5-12(13(2,3)4)11-9-7-6-8-10-11/h6-10,12H,5H2,1-4H3/t12-/m0/s1. The first-order valence-electron chi connectivity index (χ1n) is 5.10. The molecule has 0 aliphatic rings. The van der Waals surface area contributed by atoms with Gasteiger partial charge in [0.05, 0.1) is 0 Å². The van der Waals surface area contributed by atoms with Gasteiger partial charge in [0.15, 0.2) is 0 Å². The van der Waals surface area contributed by atoms with Crippen molar-refractivity contribution in [2.24, 2.45) is 5.41 Å². The highest BCUT2D eigenvalue weighted by molar-refractivity contribution is 5.21. The Kier molecular flexibility index (Phi) is 3.13. The SMILES string of the molecule is CC[C@@H](c1ccccc1)C(C)(C)C. The van der Waals surface area contributed by atoms with E-state index in [-0.39, 0.29) is 0 Å². The van der Waals surface area contributed by atoms with Gasteiger partial charge in [-0.25, -0.2) is 0 Å². The number of benzene rings is 1. The molecule has 0 spiro atoms. The van der Waals surface area contributed by atoms with E-state index in [0.29, 0.717) is 11.3 Å². The van der Waals surface area contributed by atoms with Gasteiger partial charge in [0, 0.05) is 0 Å². The van der Waals surface area contributed by atoms with Crippen LogP contribution in [0.3, 0.4) is 0 Å². The Bertz CT molecular complexity index is 240. The Balaban J connectivity index is 2.92. The lowest BCUT2D eigenvalue weighted by atomic mass is 9.75. The van der Waals surface area contributed by atoms with Gasteiger partial charge in [-0.15, -0.1) is 0 Å². The zero-order valence-corrected chi connectivity index (χ0v) is 9.17. The maximum absolute atomic E-state index is 2.31. The maximum Gasteiger partial charge on any atom is -0.0116 e. The minimum atomic E-state index is 0.371. The predicted molar refractivity (Wildman–Crippen MR) is 58.9 cm³/mol. The molecule has 72 valence electrons. The molecular formula is C13H20. The highest BCUT2D eigenvalue weighted by atomic mass is 14.3. The Morgan fingerprint density at radius 1 is 1.08 bits per heavy atom. The molecule has 13 heavy (non-hydrogen) atoms. The molecule has 1 atom stereocenters. The maximum atomic E-state index is 2.31. The second-order valence-corrected chi connectivity index (χ2v) is 4.74. The second-order valence-electron chi connectivity index (χ2n) is 4.74. The Labute approximate surface area is 82.0 Å². The molecule has 0 aromatic heterocycles. The van der Waals surface area contributed by atoms with Gasteiger partial charge in [0.1, 0.15) is 0 Å². The first-order chi connectivity index (χ1) is 6.05. The molecule has 0 heteroatoms. The van der Waals surface area contributed by atoms with Crippen LogP contribution >= 0.6 is 0 Å².